The molecule has 0 aliphatic heterocycles. The van der Waals surface area contributed by atoms with Gasteiger partial charge in [0.2, 0.25) is 0 Å². The van der Waals surface area contributed by atoms with Crippen LogP contribution in [-0.2, 0) is 13.0 Å². The Bertz CT molecular complexity index is 538. The van der Waals surface area contributed by atoms with Gasteiger partial charge in [0.15, 0.2) is 0 Å². The van der Waals surface area contributed by atoms with Crippen LogP contribution >= 0.6 is 15.9 Å². The highest BCUT2D eigenvalue weighted by molar-refractivity contribution is 9.10. The van der Waals surface area contributed by atoms with Crippen molar-refractivity contribution in [3.63, 3.8) is 0 Å². The van der Waals surface area contributed by atoms with Gasteiger partial charge >= 0.3 is 0 Å². The molecular formula is C15H17BrN2. The Hall–Kier alpha value is -1.35. The third-order valence-corrected chi connectivity index (χ3v) is 3.40. The molecule has 1 N–H and O–H groups in total. The molecule has 0 saturated carbocycles. The fraction of sp³-hybridized carbons (Fsp3) is 0.267. The number of hydrogen-bond acceptors (Lipinski definition) is 2. The summed E-state index contributed by atoms with van der Waals surface area (Å²) in [7, 11) is 0. The van der Waals surface area contributed by atoms with Crippen LogP contribution in [0.5, 0.6) is 0 Å². The van der Waals surface area contributed by atoms with Gasteiger partial charge in [0.1, 0.15) is 0 Å². The first kappa shape index (κ1) is 13.1. The molecule has 0 radical (unpaired) electrons. The Morgan fingerprint density at radius 2 is 2.11 bits per heavy atom. The molecule has 0 bridgehead atoms. The fourth-order valence-corrected chi connectivity index (χ4v) is 2.43. The van der Waals surface area contributed by atoms with Crippen LogP contribution in [0.1, 0.15) is 23.6 Å². The van der Waals surface area contributed by atoms with Crippen molar-refractivity contribution < 1.29 is 0 Å². The maximum absolute atomic E-state index is 4.17. The fourth-order valence-electron chi connectivity index (χ4n) is 2.02. The summed E-state index contributed by atoms with van der Waals surface area (Å²) in [6.07, 6.45) is 4.73. The summed E-state index contributed by atoms with van der Waals surface area (Å²) >= 11 is 3.44. The van der Waals surface area contributed by atoms with Gasteiger partial charge in [-0.05, 0) is 52.0 Å². The minimum atomic E-state index is 0.796. The van der Waals surface area contributed by atoms with E-state index in [9.17, 15) is 0 Å². The van der Waals surface area contributed by atoms with Crippen molar-refractivity contribution in [2.24, 2.45) is 0 Å². The zero-order valence-corrected chi connectivity index (χ0v) is 12.3. The van der Waals surface area contributed by atoms with E-state index in [2.05, 4.69) is 64.3 Å². The van der Waals surface area contributed by atoms with Crippen LogP contribution in [0.3, 0.4) is 0 Å². The topological polar surface area (TPSA) is 24.9 Å². The number of anilines is 1. The van der Waals surface area contributed by atoms with E-state index in [0.29, 0.717) is 0 Å². The molecule has 0 spiro atoms. The number of aromatic nitrogens is 1. The van der Waals surface area contributed by atoms with Crippen LogP contribution in [0.4, 0.5) is 5.69 Å². The average Bonchev–Trinajstić information content (AvgIpc) is 2.37. The molecular weight excluding hydrogens is 288 g/mol. The summed E-state index contributed by atoms with van der Waals surface area (Å²) < 4.78 is 1.02. The van der Waals surface area contributed by atoms with Crippen molar-refractivity contribution >= 4 is 21.6 Å². The molecule has 2 nitrogen and oxygen atoms in total. The van der Waals surface area contributed by atoms with E-state index in [1.165, 1.54) is 22.4 Å². The van der Waals surface area contributed by atoms with Crippen molar-refractivity contribution in [3.8, 4) is 0 Å². The lowest BCUT2D eigenvalue weighted by Gasteiger charge is -2.14. The quantitative estimate of drug-likeness (QED) is 0.909. The number of aryl methyl sites for hydroxylation is 2. The molecule has 1 heterocycles. The van der Waals surface area contributed by atoms with E-state index in [1.54, 1.807) is 6.20 Å². The van der Waals surface area contributed by atoms with E-state index in [4.69, 9.17) is 0 Å². The van der Waals surface area contributed by atoms with E-state index in [0.717, 1.165) is 17.4 Å². The summed E-state index contributed by atoms with van der Waals surface area (Å²) in [5.41, 5.74) is 5.07. The van der Waals surface area contributed by atoms with Gasteiger partial charge in [-0.3, -0.25) is 4.98 Å². The molecule has 1 aromatic heterocycles. The first-order chi connectivity index (χ1) is 8.70. The Balaban J connectivity index is 2.15. The molecule has 18 heavy (non-hydrogen) atoms. The molecule has 0 atom stereocenters. The third-order valence-electron chi connectivity index (χ3n) is 2.97. The zero-order chi connectivity index (χ0) is 13.0. The molecule has 0 saturated heterocycles. The summed E-state index contributed by atoms with van der Waals surface area (Å²) in [5.74, 6) is 0. The van der Waals surface area contributed by atoms with Gasteiger partial charge in [-0.15, -0.1) is 0 Å². The molecule has 0 aliphatic carbocycles. The van der Waals surface area contributed by atoms with Crippen molar-refractivity contribution in [3.05, 3.63) is 57.8 Å². The van der Waals surface area contributed by atoms with Gasteiger partial charge in [-0.25, -0.2) is 0 Å². The average molecular weight is 305 g/mol. The van der Waals surface area contributed by atoms with Gasteiger partial charge in [-0.1, -0.05) is 25.1 Å². The minimum absolute atomic E-state index is 0.796. The number of halogens is 1. The maximum Gasteiger partial charge on any atom is 0.0416 e. The number of benzene rings is 1. The smallest absolute Gasteiger partial charge is 0.0416 e. The first-order valence-electron chi connectivity index (χ1n) is 6.12. The van der Waals surface area contributed by atoms with Crippen LogP contribution < -0.4 is 5.32 Å². The normalized spacial score (nSPS) is 10.4. The monoisotopic (exact) mass is 304 g/mol. The molecule has 2 aromatic rings. The van der Waals surface area contributed by atoms with Gasteiger partial charge in [0, 0.05) is 29.1 Å². The van der Waals surface area contributed by atoms with Crippen molar-refractivity contribution in [1.82, 2.24) is 4.98 Å². The van der Waals surface area contributed by atoms with Crippen LogP contribution in [0.15, 0.2) is 41.1 Å². The van der Waals surface area contributed by atoms with E-state index >= 15 is 0 Å². The Labute approximate surface area is 117 Å². The highest BCUT2D eigenvalue weighted by atomic mass is 79.9. The standard InChI is InChI=1S/C15H17BrN2/c1-3-13-6-4-5-11(2)15(13)18-9-12-7-14(16)10-17-8-12/h4-8,10,18H,3,9H2,1-2H3. The second kappa shape index (κ2) is 6.01. The van der Waals surface area contributed by atoms with Gasteiger partial charge in [-0.2, -0.15) is 0 Å². The number of nitrogens with one attached hydrogen (secondary N) is 1. The third kappa shape index (κ3) is 3.10. The van der Waals surface area contributed by atoms with Gasteiger partial charge in [0.05, 0.1) is 0 Å². The van der Waals surface area contributed by atoms with E-state index < -0.39 is 0 Å². The maximum atomic E-state index is 4.17. The Kier molecular flexibility index (Phi) is 4.37. The first-order valence-corrected chi connectivity index (χ1v) is 6.91. The van der Waals surface area contributed by atoms with Crippen LogP contribution in [0, 0.1) is 6.92 Å². The van der Waals surface area contributed by atoms with Gasteiger partial charge in [0.25, 0.3) is 0 Å². The van der Waals surface area contributed by atoms with Crippen molar-refractivity contribution in [1.29, 1.82) is 0 Å². The second-order valence-corrected chi connectivity index (χ2v) is 5.24. The number of para-hydroxylation sites is 1. The highest BCUT2D eigenvalue weighted by Crippen LogP contribution is 2.22. The van der Waals surface area contributed by atoms with Gasteiger partial charge < -0.3 is 5.32 Å². The molecule has 0 aliphatic rings. The SMILES string of the molecule is CCc1cccc(C)c1NCc1cncc(Br)c1. The van der Waals surface area contributed by atoms with Crippen molar-refractivity contribution in [2.75, 3.05) is 5.32 Å². The Morgan fingerprint density at radius 3 is 2.83 bits per heavy atom. The second-order valence-electron chi connectivity index (χ2n) is 4.33. The number of nitrogens with zero attached hydrogens (tertiary/aromatic N) is 1. The molecule has 94 valence electrons. The predicted octanol–water partition coefficient (Wildman–Crippen LogP) is 4.33. The Morgan fingerprint density at radius 1 is 1.28 bits per heavy atom. The highest BCUT2D eigenvalue weighted by Gasteiger charge is 2.03. The lowest BCUT2D eigenvalue weighted by atomic mass is 10.1. The molecule has 3 heteroatoms. The molecule has 0 fully saturated rings. The largest absolute Gasteiger partial charge is 0.380 e. The molecule has 1 aromatic carbocycles. The zero-order valence-electron chi connectivity index (χ0n) is 10.7. The van der Waals surface area contributed by atoms with Crippen LogP contribution in [0.25, 0.3) is 0 Å². The van der Waals surface area contributed by atoms with Crippen molar-refractivity contribution in [2.45, 2.75) is 26.8 Å². The lowest BCUT2D eigenvalue weighted by molar-refractivity contribution is 1.07. The molecule has 0 amide bonds. The number of hydrogen-bond donors (Lipinski definition) is 1. The number of rotatable bonds is 4. The summed E-state index contributed by atoms with van der Waals surface area (Å²) in [6, 6.07) is 8.51. The van der Waals surface area contributed by atoms with Crippen LogP contribution in [0.2, 0.25) is 0 Å². The predicted molar refractivity (Wildman–Crippen MR) is 79.8 cm³/mol. The molecule has 0 unspecified atom stereocenters. The summed E-state index contributed by atoms with van der Waals surface area (Å²) in [4.78, 5) is 4.17. The van der Waals surface area contributed by atoms with Crippen LogP contribution in [-0.4, -0.2) is 4.98 Å². The summed E-state index contributed by atoms with van der Waals surface area (Å²) in [6.45, 7) is 5.12. The summed E-state index contributed by atoms with van der Waals surface area (Å²) in [5, 5.41) is 3.52. The lowest BCUT2D eigenvalue weighted by Crippen LogP contribution is -2.04. The van der Waals surface area contributed by atoms with E-state index in [-0.39, 0.29) is 0 Å². The number of pyridine rings is 1. The van der Waals surface area contributed by atoms with E-state index in [1.807, 2.05) is 6.20 Å². The minimum Gasteiger partial charge on any atom is -0.380 e. The molecule has 2 rings (SSSR count).